The van der Waals surface area contributed by atoms with E-state index in [0.29, 0.717) is 25.2 Å². The number of benzene rings is 2. The van der Waals surface area contributed by atoms with E-state index in [4.69, 9.17) is 4.74 Å². The Balaban J connectivity index is 1.75. The van der Waals surface area contributed by atoms with Gasteiger partial charge in [0, 0.05) is 38.0 Å². The monoisotopic (exact) mass is 437 g/mol. The number of nitrogens with zero attached hydrogens (tertiary/aromatic N) is 1. The second kappa shape index (κ2) is 13.0. The second-order valence-corrected chi connectivity index (χ2v) is 8.26. The molecule has 1 aliphatic heterocycles. The highest BCUT2D eigenvalue weighted by atomic mass is 16.5. The first-order valence-corrected chi connectivity index (χ1v) is 11.6. The second-order valence-electron chi connectivity index (χ2n) is 8.26. The molecule has 0 bridgehead atoms. The lowest BCUT2D eigenvalue weighted by Crippen LogP contribution is -2.36. The number of ether oxygens (including phenoxy) is 1. The molecule has 0 spiro atoms. The number of carbonyl (C=O) groups is 2. The molecule has 6 nitrogen and oxygen atoms in total. The molecule has 1 aliphatic rings. The Morgan fingerprint density at radius 2 is 1.81 bits per heavy atom. The maximum Gasteiger partial charge on any atom is 0.252 e. The average Bonchev–Trinajstić information content (AvgIpc) is 2.80. The molecule has 1 heterocycles. The predicted molar refractivity (Wildman–Crippen MR) is 128 cm³/mol. The Bertz CT molecular complexity index is 870. The summed E-state index contributed by atoms with van der Waals surface area (Å²) in [5.41, 5.74) is 3.64. The number of amides is 2. The van der Waals surface area contributed by atoms with Crippen molar-refractivity contribution in [3.63, 3.8) is 0 Å². The van der Waals surface area contributed by atoms with Gasteiger partial charge in [-0.15, -0.1) is 0 Å². The van der Waals surface area contributed by atoms with Crippen LogP contribution in [0.4, 0.5) is 5.69 Å². The molecule has 6 heteroatoms. The normalized spacial score (nSPS) is 15.2. The first kappa shape index (κ1) is 24.0. The Hall–Kier alpha value is -2.70. The number of nitrogens with one attached hydrogen (secondary N) is 2. The van der Waals surface area contributed by atoms with Gasteiger partial charge in [0.05, 0.1) is 0 Å². The van der Waals surface area contributed by atoms with Crippen LogP contribution in [0.2, 0.25) is 0 Å². The maximum absolute atomic E-state index is 12.8. The lowest BCUT2D eigenvalue weighted by Gasteiger charge is -2.26. The predicted octanol–water partition coefficient (Wildman–Crippen LogP) is 3.69. The van der Waals surface area contributed by atoms with Crippen molar-refractivity contribution < 1.29 is 14.3 Å². The number of hydrogen-bond acceptors (Lipinski definition) is 4. The lowest BCUT2D eigenvalue weighted by molar-refractivity contribution is -0.122. The molecule has 0 fully saturated rings. The van der Waals surface area contributed by atoms with Crippen LogP contribution in [0.15, 0.2) is 48.5 Å². The Morgan fingerprint density at radius 3 is 2.62 bits per heavy atom. The van der Waals surface area contributed by atoms with E-state index < -0.39 is 0 Å². The number of rotatable bonds is 6. The van der Waals surface area contributed by atoms with E-state index in [2.05, 4.69) is 22.8 Å². The van der Waals surface area contributed by atoms with E-state index in [1.165, 1.54) is 18.4 Å². The van der Waals surface area contributed by atoms with Crippen LogP contribution in [-0.2, 0) is 22.5 Å². The van der Waals surface area contributed by atoms with Crippen LogP contribution in [0.3, 0.4) is 0 Å². The molecule has 0 atom stereocenters. The minimum atomic E-state index is -0.0929. The number of carbonyl (C=O) groups excluding carboxylic acids is 2. The molecular formula is C26H35N3O3. The standard InChI is InChI=1S/C26H35N3O3/c1-32-20-25(30)29-17-9-4-2-3-8-15-27-19-23-18-22(12-13-24(23)29)26(31)28-16-14-21-10-6-5-7-11-21/h5-7,10-13,18,27H,2-4,8-9,14-17,19-20H2,1H3,(H,28,31). The van der Waals surface area contributed by atoms with Crippen molar-refractivity contribution in [3.05, 3.63) is 65.2 Å². The first-order chi connectivity index (χ1) is 15.7. The van der Waals surface area contributed by atoms with Gasteiger partial charge >= 0.3 is 0 Å². The Morgan fingerprint density at radius 1 is 1.03 bits per heavy atom. The van der Waals surface area contributed by atoms with E-state index in [1.54, 1.807) is 7.11 Å². The van der Waals surface area contributed by atoms with Crippen molar-refractivity contribution in [3.8, 4) is 0 Å². The summed E-state index contributed by atoms with van der Waals surface area (Å²) in [7, 11) is 1.54. The summed E-state index contributed by atoms with van der Waals surface area (Å²) in [5, 5.41) is 6.50. The van der Waals surface area contributed by atoms with Crippen LogP contribution in [-0.4, -0.2) is 45.2 Å². The van der Waals surface area contributed by atoms with Gasteiger partial charge in [0.15, 0.2) is 0 Å². The third-order valence-corrected chi connectivity index (χ3v) is 5.79. The number of hydrogen-bond donors (Lipinski definition) is 2. The van der Waals surface area contributed by atoms with Crippen molar-refractivity contribution >= 4 is 17.5 Å². The highest BCUT2D eigenvalue weighted by molar-refractivity contribution is 5.98. The molecular weight excluding hydrogens is 402 g/mol. The third-order valence-electron chi connectivity index (χ3n) is 5.79. The van der Waals surface area contributed by atoms with Gasteiger partial charge in [-0.1, -0.05) is 49.6 Å². The molecule has 0 radical (unpaired) electrons. The molecule has 2 N–H and O–H groups in total. The van der Waals surface area contributed by atoms with Gasteiger partial charge in [-0.3, -0.25) is 9.59 Å². The van der Waals surface area contributed by atoms with Crippen LogP contribution >= 0.6 is 0 Å². The molecule has 0 saturated heterocycles. The van der Waals surface area contributed by atoms with Crippen LogP contribution in [0.5, 0.6) is 0 Å². The van der Waals surface area contributed by atoms with Crippen molar-refractivity contribution in [2.75, 3.05) is 38.3 Å². The average molecular weight is 438 g/mol. The van der Waals surface area contributed by atoms with Gasteiger partial charge in [-0.2, -0.15) is 0 Å². The van der Waals surface area contributed by atoms with Gasteiger partial charge in [0.25, 0.3) is 11.8 Å². The summed E-state index contributed by atoms with van der Waals surface area (Å²) in [4.78, 5) is 27.4. The molecule has 32 heavy (non-hydrogen) atoms. The van der Waals surface area contributed by atoms with Crippen LogP contribution in [0.25, 0.3) is 0 Å². The van der Waals surface area contributed by atoms with Crippen LogP contribution < -0.4 is 15.5 Å². The zero-order valence-corrected chi connectivity index (χ0v) is 19.1. The molecule has 0 aliphatic carbocycles. The summed E-state index contributed by atoms with van der Waals surface area (Å²) in [6, 6.07) is 15.8. The quantitative estimate of drug-likeness (QED) is 0.723. The number of methoxy groups -OCH3 is 1. The van der Waals surface area contributed by atoms with Crippen molar-refractivity contribution in [1.82, 2.24) is 10.6 Å². The zero-order chi connectivity index (χ0) is 22.6. The van der Waals surface area contributed by atoms with Crippen LogP contribution in [0, 0.1) is 0 Å². The maximum atomic E-state index is 12.8. The third kappa shape index (κ3) is 7.18. The summed E-state index contributed by atoms with van der Waals surface area (Å²) in [5.74, 6) is -0.143. The van der Waals surface area contributed by atoms with Gasteiger partial charge in [0.2, 0.25) is 0 Å². The van der Waals surface area contributed by atoms with Crippen molar-refractivity contribution in [2.45, 2.75) is 45.1 Å². The Kier molecular flexibility index (Phi) is 9.72. The largest absolute Gasteiger partial charge is 0.375 e. The van der Waals surface area contributed by atoms with Gasteiger partial charge in [-0.25, -0.2) is 0 Å². The fourth-order valence-corrected chi connectivity index (χ4v) is 4.05. The minimum absolute atomic E-state index is 0.0501. The summed E-state index contributed by atoms with van der Waals surface area (Å²) < 4.78 is 5.12. The van der Waals surface area contributed by atoms with Gasteiger partial charge in [0.1, 0.15) is 6.61 Å². The van der Waals surface area contributed by atoms with Crippen LogP contribution in [0.1, 0.15) is 53.6 Å². The lowest BCUT2D eigenvalue weighted by atomic mass is 10.0. The van der Waals surface area contributed by atoms with E-state index in [9.17, 15) is 9.59 Å². The molecule has 2 aromatic rings. The van der Waals surface area contributed by atoms with E-state index in [-0.39, 0.29) is 18.4 Å². The summed E-state index contributed by atoms with van der Waals surface area (Å²) in [6.45, 7) is 2.85. The zero-order valence-electron chi connectivity index (χ0n) is 19.1. The first-order valence-electron chi connectivity index (χ1n) is 11.6. The van der Waals surface area contributed by atoms with E-state index >= 15 is 0 Å². The van der Waals surface area contributed by atoms with Gasteiger partial charge in [-0.05, 0) is 55.1 Å². The van der Waals surface area contributed by atoms with Crippen molar-refractivity contribution in [1.29, 1.82) is 0 Å². The smallest absolute Gasteiger partial charge is 0.252 e. The van der Waals surface area contributed by atoms with E-state index in [0.717, 1.165) is 43.5 Å². The highest BCUT2D eigenvalue weighted by Gasteiger charge is 2.20. The fourth-order valence-electron chi connectivity index (χ4n) is 4.05. The Labute approximate surface area is 191 Å². The highest BCUT2D eigenvalue weighted by Crippen LogP contribution is 2.24. The molecule has 2 aromatic carbocycles. The fraction of sp³-hybridized carbons (Fsp3) is 0.462. The number of anilines is 1. The topological polar surface area (TPSA) is 70.7 Å². The van der Waals surface area contributed by atoms with E-state index in [1.807, 2.05) is 41.3 Å². The molecule has 172 valence electrons. The SMILES string of the molecule is COCC(=O)N1CCCCCCCNCc2cc(C(=O)NCCc3ccccc3)ccc21. The summed E-state index contributed by atoms with van der Waals surface area (Å²) >= 11 is 0. The molecule has 0 unspecified atom stereocenters. The van der Waals surface area contributed by atoms with Gasteiger partial charge < -0.3 is 20.3 Å². The molecule has 3 rings (SSSR count). The van der Waals surface area contributed by atoms with Crippen molar-refractivity contribution in [2.24, 2.45) is 0 Å². The number of fused-ring (bicyclic) bond motifs is 1. The molecule has 0 aromatic heterocycles. The minimum Gasteiger partial charge on any atom is -0.375 e. The summed E-state index contributed by atoms with van der Waals surface area (Å²) in [6.07, 6.45) is 6.37. The molecule has 0 saturated carbocycles. The molecule has 2 amide bonds.